The summed E-state index contributed by atoms with van der Waals surface area (Å²) in [5.74, 6) is 2.44. The number of ether oxygens (including phenoxy) is 2. The standard InChI is InChI=1S/C24H35N5O2.HI/c1-25-24(26-15-18-6-8-19(9-7-18)16-28(2)3)27-20-10-11-29(17-20)21-12-22(30-4)14-23(13-21)31-5;/h6-9,12-14,20H,10-11,15-17H2,1-5H3,(H2,25,26,27);1H. The lowest BCUT2D eigenvalue weighted by Gasteiger charge is -2.21. The molecule has 0 spiro atoms. The van der Waals surface area contributed by atoms with Crippen molar-refractivity contribution < 1.29 is 9.47 Å². The third-order valence-corrected chi connectivity index (χ3v) is 5.44. The summed E-state index contributed by atoms with van der Waals surface area (Å²) in [6.07, 6.45) is 1.04. The van der Waals surface area contributed by atoms with E-state index < -0.39 is 0 Å². The highest BCUT2D eigenvalue weighted by Gasteiger charge is 2.24. The zero-order valence-corrected chi connectivity index (χ0v) is 22.1. The van der Waals surface area contributed by atoms with Crippen LogP contribution in [0.1, 0.15) is 17.5 Å². The second-order valence-corrected chi connectivity index (χ2v) is 8.13. The Morgan fingerprint density at radius 2 is 1.69 bits per heavy atom. The van der Waals surface area contributed by atoms with Crippen LogP contribution in [0.5, 0.6) is 11.5 Å². The van der Waals surface area contributed by atoms with Gasteiger partial charge in [-0.2, -0.15) is 0 Å². The van der Waals surface area contributed by atoms with E-state index in [9.17, 15) is 0 Å². The predicted octanol–water partition coefficient (Wildman–Crippen LogP) is 3.33. The Balaban J connectivity index is 0.00000363. The minimum atomic E-state index is 0. The Morgan fingerprint density at radius 1 is 1.06 bits per heavy atom. The van der Waals surface area contributed by atoms with E-state index in [4.69, 9.17) is 9.47 Å². The Bertz CT molecular complexity index is 851. The molecular formula is C24H36IN5O2. The Kier molecular flexibility index (Phi) is 10.4. The van der Waals surface area contributed by atoms with Crippen LogP contribution in [-0.4, -0.2) is 65.4 Å². The van der Waals surface area contributed by atoms with E-state index in [-0.39, 0.29) is 24.0 Å². The van der Waals surface area contributed by atoms with Crippen LogP contribution < -0.4 is 25.0 Å². The van der Waals surface area contributed by atoms with Crippen molar-refractivity contribution in [3.8, 4) is 11.5 Å². The van der Waals surface area contributed by atoms with Crippen molar-refractivity contribution in [1.29, 1.82) is 0 Å². The van der Waals surface area contributed by atoms with Gasteiger partial charge in [-0.3, -0.25) is 4.99 Å². The molecule has 32 heavy (non-hydrogen) atoms. The average molecular weight is 553 g/mol. The Morgan fingerprint density at radius 3 is 2.25 bits per heavy atom. The van der Waals surface area contributed by atoms with Crippen molar-refractivity contribution in [1.82, 2.24) is 15.5 Å². The molecule has 1 aliphatic rings. The number of hydrogen-bond acceptors (Lipinski definition) is 5. The van der Waals surface area contributed by atoms with Gasteiger partial charge in [-0.1, -0.05) is 24.3 Å². The highest BCUT2D eigenvalue weighted by molar-refractivity contribution is 14.0. The molecule has 1 saturated heterocycles. The summed E-state index contributed by atoms with van der Waals surface area (Å²) in [4.78, 5) is 8.92. The first-order chi connectivity index (χ1) is 15.0. The van der Waals surface area contributed by atoms with E-state index in [1.165, 1.54) is 11.1 Å². The summed E-state index contributed by atoms with van der Waals surface area (Å²) in [6, 6.07) is 15.0. The van der Waals surface area contributed by atoms with Crippen LogP contribution >= 0.6 is 24.0 Å². The van der Waals surface area contributed by atoms with Gasteiger partial charge in [0.05, 0.1) is 14.2 Å². The fourth-order valence-corrected chi connectivity index (χ4v) is 3.79. The fraction of sp³-hybridized carbons (Fsp3) is 0.458. The van der Waals surface area contributed by atoms with E-state index >= 15 is 0 Å². The van der Waals surface area contributed by atoms with Crippen LogP contribution in [0.25, 0.3) is 0 Å². The lowest BCUT2D eigenvalue weighted by molar-refractivity contribution is 0.394. The molecule has 0 bridgehead atoms. The first-order valence-corrected chi connectivity index (χ1v) is 10.7. The molecule has 0 aliphatic carbocycles. The quantitative estimate of drug-likeness (QED) is 0.297. The van der Waals surface area contributed by atoms with E-state index in [0.29, 0.717) is 6.04 Å². The molecule has 0 aromatic heterocycles. The molecule has 2 aromatic carbocycles. The molecule has 8 heteroatoms. The number of nitrogens with zero attached hydrogens (tertiary/aromatic N) is 3. The average Bonchev–Trinajstić information content (AvgIpc) is 3.25. The van der Waals surface area contributed by atoms with Gasteiger partial charge in [0, 0.05) is 63.2 Å². The number of hydrogen-bond donors (Lipinski definition) is 2. The largest absolute Gasteiger partial charge is 0.497 e. The van der Waals surface area contributed by atoms with Gasteiger partial charge in [0.2, 0.25) is 0 Å². The van der Waals surface area contributed by atoms with Crippen molar-refractivity contribution in [2.24, 2.45) is 4.99 Å². The number of benzene rings is 2. The molecule has 1 aliphatic heterocycles. The SMILES string of the molecule is CN=C(NCc1ccc(CN(C)C)cc1)NC1CCN(c2cc(OC)cc(OC)c2)C1.I. The molecule has 1 atom stereocenters. The molecule has 2 N–H and O–H groups in total. The van der Waals surface area contributed by atoms with Crippen LogP contribution in [0.4, 0.5) is 5.69 Å². The first kappa shape index (κ1) is 26.1. The zero-order valence-electron chi connectivity index (χ0n) is 19.7. The summed E-state index contributed by atoms with van der Waals surface area (Å²) >= 11 is 0. The van der Waals surface area contributed by atoms with Crippen LogP contribution in [0.2, 0.25) is 0 Å². The minimum Gasteiger partial charge on any atom is -0.497 e. The smallest absolute Gasteiger partial charge is 0.191 e. The molecule has 1 heterocycles. The Labute approximate surface area is 209 Å². The number of aliphatic imine (C=N–C) groups is 1. The maximum atomic E-state index is 5.41. The fourth-order valence-electron chi connectivity index (χ4n) is 3.79. The van der Waals surface area contributed by atoms with Crippen LogP contribution in [0.3, 0.4) is 0 Å². The lowest BCUT2D eigenvalue weighted by Crippen LogP contribution is -2.44. The van der Waals surface area contributed by atoms with Gasteiger partial charge in [0.25, 0.3) is 0 Å². The van der Waals surface area contributed by atoms with Crippen molar-refractivity contribution in [2.75, 3.05) is 53.4 Å². The van der Waals surface area contributed by atoms with E-state index in [0.717, 1.165) is 55.7 Å². The molecular weight excluding hydrogens is 517 g/mol. The van der Waals surface area contributed by atoms with Gasteiger partial charge >= 0.3 is 0 Å². The zero-order chi connectivity index (χ0) is 22.2. The number of methoxy groups -OCH3 is 2. The van der Waals surface area contributed by atoms with Crippen molar-refractivity contribution in [3.63, 3.8) is 0 Å². The molecule has 176 valence electrons. The van der Waals surface area contributed by atoms with Crippen LogP contribution in [0, 0.1) is 0 Å². The number of guanidine groups is 1. The van der Waals surface area contributed by atoms with E-state index in [1.54, 1.807) is 14.2 Å². The number of halogens is 1. The third-order valence-electron chi connectivity index (χ3n) is 5.44. The molecule has 1 fully saturated rings. The van der Waals surface area contributed by atoms with Gasteiger partial charge in [-0.25, -0.2) is 0 Å². The molecule has 0 saturated carbocycles. The van der Waals surface area contributed by atoms with E-state index in [1.807, 2.05) is 13.1 Å². The third kappa shape index (κ3) is 7.44. The van der Waals surface area contributed by atoms with Gasteiger partial charge in [-0.05, 0) is 31.6 Å². The van der Waals surface area contributed by atoms with E-state index in [2.05, 4.69) is 75.9 Å². The molecule has 1 unspecified atom stereocenters. The molecule has 0 amide bonds. The Hall–Kier alpha value is -2.20. The normalized spacial score (nSPS) is 16.0. The number of rotatable bonds is 8. The molecule has 2 aromatic rings. The van der Waals surface area contributed by atoms with Crippen molar-refractivity contribution in [3.05, 3.63) is 53.6 Å². The van der Waals surface area contributed by atoms with Gasteiger partial charge < -0.3 is 29.9 Å². The number of nitrogens with one attached hydrogen (secondary N) is 2. The van der Waals surface area contributed by atoms with Crippen LogP contribution in [0.15, 0.2) is 47.5 Å². The van der Waals surface area contributed by atoms with Gasteiger partial charge in [0.15, 0.2) is 5.96 Å². The lowest BCUT2D eigenvalue weighted by atomic mass is 10.1. The highest BCUT2D eigenvalue weighted by Crippen LogP contribution is 2.30. The second-order valence-electron chi connectivity index (χ2n) is 8.13. The summed E-state index contributed by atoms with van der Waals surface area (Å²) in [6.45, 7) is 3.56. The summed E-state index contributed by atoms with van der Waals surface area (Å²) in [5.41, 5.74) is 3.67. The maximum absolute atomic E-state index is 5.41. The monoisotopic (exact) mass is 553 g/mol. The minimum absolute atomic E-state index is 0. The molecule has 0 radical (unpaired) electrons. The predicted molar refractivity (Wildman–Crippen MR) is 143 cm³/mol. The summed E-state index contributed by atoms with van der Waals surface area (Å²) in [7, 11) is 9.34. The van der Waals surface area contributed by atoms with Crippen molar-refractivity contribution >= 4 is 35.6 Å². The second kappa shape index (κ2) is 12.7. The highest BCUT2D eigenvalue weighted by atomic mass is 127. The molecule has 7 nitrogen and oxygen atoms in total. The summed E-state index contributed by atoms with van der Waals surface area (Å²) < 4.78 is 10.8. The topological polar surface area (TPSA) is 61.4 Å². The molecule has 3 rings (SSSR count). The van der Waals surface area contributed by atoms with Crippen molar-refractivity contribution in [2.45, 2.75) is 25.6 Å². The first-order valence-electron chi connectivity index (χ1n) is 10.7. The van der Waals surface area contributed by atoms with Crippen LogP contribution in [-0.2, 0) is 13.1 Å². The van der Waals surface area contributed by atoms with Gasteiger partial charge in [-0.15, -0.1) is 24.0 Å². The summed E-state index contributed by atoms with van der Waals surface area (Å²) in [5, 5.41) is 6.99. The number of anilines is 1. The maximum Gasteiger partial charge on any atom is 0.191 e. The van der Waals surface area contributed by atoms with Gasteiger partial charge in [0.1, 0.15) is 11.5 Å².